The molecule has 3 nitrogen and oxygen atoms in total. The molecular weight excluding hydrogens is 329 g/mol. The van der Waals surface area contributed by atoms with Crippen LogP contribution in [-0.4, -0.2) is 17.4 Å². The van der Waals surface area contributed by atoms with Crippen molar-refractivity contribution in [2.45, 2.75) is 19.1 Å². The van der Waals surface area contributed by atoms with Crippen LogP contribution in [0.15, 0.2) is 55.1 Å². The Bertz CT molecular complexity index is 815. The van der Waals surface area contributed by atoms with Crippen molar-refractivity contribution in [2.24, 2.45) is 0 Å². The number of carbonyl (C=O) groups is 1. The number of halogens is 3. The highest BCUT2D eigenvalue weighted by Crippen LogP contribution is 2.32. The number of alkyl halides is 3. The first-order chi connectivity index (χ1) is 11.9. The van der Waals surface area contributed by atoms with E-state index in [1.807, 2.05) is 18.2 Å². The number of hydrogen-bond acceptors (Lipinski definition) is 2. The Labute approximate surface area is 143 Å². The molecule has 1 heterocycles. The van der Waals surface area contributed by atoms with Crippen molar-refractivity contribution in [3.05, 3.63) is 71.8 Å². The number of rotatable bonds is 3. The molecule has 2 aromatic carbocycles. The maximum atomic E-state index is 12.8. The smallest absolute Gasteiger partial charge is 0.356 e. The lowest BCUT2D eigenvalue weighted by Gasteiger charge is -2.28. The fourth-order valence-corrected chi connectivity index (χ4v) is 2.89. The Morgan fingerprint density at radius 3 is 2.60 bits per heavy atom. The van der Waals surface area contributed by atoms with Crippen LogP contribution in [0.25, 0.3) is 0 Å². The first-order valence-corrected chi connectivity index (χ1v) is 7.84. The molecule has 1 N–H and O–H groups in total. The molecule has 1 aliphatic heterocycles. The van der Waals surface area contributed by atoms with E-state index >= 15 is 0 Å². The fourth-order valence-electron chi connectivity index (χ4n) is 2.89. The molecule has 0 atom stereocenters. The minimum absolute atomic E-state index is 0.123. The van der Waals surface area contributed by atoms with Gasteiger partial charge >= 0.3 is 6.18 Å². The molecule has 1 aliphatic rings. The van der Waals surface area contributed by atoms with E-state index in [1.165, 1.54) is 12.1 Å². The van der Waals surface area contributed by atoms with Crippen molar-refractivity contribution in [3.8, 4) is 0 Å². The number of carbonyl (C=O) groups excluding carboxylic acids is 1. The molecule has 0 bridgehead atoms. The third-order valence-electron chi connectivity index (χ3n) is 4.18. The lowest BCUT2D eigenvalue weighted by atomic mass is 9.99. The van der Waals surface area contributed by atoms with Crippen molar-refractivity contribution >= 4 is 17.3 Å². The van der Waals surface area contributed by atoms with Crippen LogP contribution in [0.5, 0.6) is 0 Å². The number of benzene rings is 2. The van der Waals surface area contributed by atoms with Crippen LogP contribution in [0.1, 0.15) is 16.7 Å². The van der Waals surface area contributed by atoms with E-state index in [1.54, 1.807) is 11.0 Å². The van der Waals surface area contributed by atoms with Crippen LogP contribution >= 0.6 is 0 Å². The molecule has 25 heavy (non-hydrogen) atoms. The number of anilines is 2. The summed E-state index contributed by atoms with van der Waals surface area (Å²) in [4.78, 5) is 13.5. The number of nitrogens with one attached hydrogen (secondary N) is 1. The van der Waals surface area contributed by atoms with Crippen molar-refractivity contribution in [3.63, 3.8) is 0 Å². The highest BCUT2D eigenvalue weighted by Gasteiger charge is 2.30. The Morgan fingerprint density at radius 1 is 1.12 bits per heavy atom. The van der Waals surface area contributed by atoms with E-state index in [0.29, 0.717) is 24.5 Å². The average Bonchev–Trinajstić information content (AvgIpc) is 2.60. The van der Waals surface area contributed by atoms with Gasteiger partial charge in [0.2, 0.25) is 5.91 Å². The predicted molar refractivity (Wildman–Crippen MR) is 90.5 cm³/mol. The van der Waals surface area contributed by atoms with Gasteiger partial charge in [-0.3, -0.25) is 4.79 Å². The van der Waals surface area contributed by atoms with Crippen molar-refractivity contribution in [2.75, 3.05) is 11.9 Å². The molecule has 0 saturated heterocycles. The largest absolute Gasteiger partial charge is 0.416 e. The monoisotopic (exact) mass is 346 g/mol. The molecule has 0 unspecified atom stereocenters. The SMILES string of the molecule is C=CC(=O)N1CCc2ccc(Nc3cccc(C(F)(F)F)c3)cc2C1. The Morgan fingerprint density at radius 2 is 1.88 bits per heavy atom. The number of fused-ring (bicyclic) bond motifs is 1. The molecule has 0 spiro atoms. The van der Waals surface area contributed by atoms with E-state index in [2.05, 4.69) is 11.9 Å². The molecule has 130 valence electrons. The van der Waals surface area contributed by atoms with Gasteiger partial charge < -0.3 is 10.2 Å². The van der Waals surface area contributed by atoms with Crippen LogP contribution in [-0.2, 0) is 23.9 Å². The Balaban J connectivity index is 1.81. The normalized spacial score (nSPS) is 14.0. The zero-order valence-corrected chi connectivity index (χ0v) is 13.4. The molecule has 0 radical (unpaired) electrons. The lowest BCUT2D eigenvalue weighted by molar-refractivity contribution is -0.137. The summed E-state index contributed by atoms with van der Waals surface area (Å²) in [5.41, 5.74) is 2.48. The van der Waals surface area contributed by atoms with Crippen LogP contribution in [0, 0.1) is 0 Å². The first kappa shape index (κ1) is 17.1. The van der Waals surface area contributed by atoms with Gasteiger partial charge in [0, 0.05) is 24.5 Å². The Hall–Kier alpha value is -2.76. The molecule has 1 amide bonds. The minimum Gasteiger partial charge on any atom is -0.356 e. The van der Waals surface area contributed by atoms with Crippen LogP contribution in [0.4, 0.5) is 24.5 Å². The van der Waals surface area contributed by atoms with Gasteiger partial charge in [-0.15, -0.1) is 0 Å². The summed E-state index contributed by atoms with van der Waals surface area (Å²) >= 11 is 0. The van der Waals surface area contributed by atoms with Gasteiger partial charge in [0.25, 0.3) is 0 Å². The second kappa shape index (κ2) is 6.63. The highest BCUT2D eigenvalue weighted by atomic mass is 19.4. The van der Waals surface area contributed by atoms with Gasteiger partial charge in [-0.1, -0.05) is 18.7 Å². The maximum Gasteiger partial charge on any atom is 0.416 e. The zero-order valence-electron chi connectivity index (χ0n) is 13.4. The van der Waals surface area contributed by atoms with E-state index in [0.717, 1.165) is 29.7 Å². The summed E-state index contributed by atoms with van der Waals surface area (Å²) in [5, 5.41) is 3.00. The minimum atomic E-state index is -4.38. The summed E-state index contributed by atoms with van der Waals surface area (Å²) < 4.78 is 38.4. The number of amides is 1. The predicted octanol–water partition coefficient (Wildman–Crippen LogP) is 4.52. The van der Waals surface area contributed by atoms with Gasteiger partial charge in [-0.05, 0) is 54.0 Å². The van der Waals surface area contributed by atoms with E-state index in [-0.39, 0.29) is 5.91 Å². The van der Waals surface area contributed by atoms with Crippen molar-refractivity contribution in [1.29, 1.82) is 0 Å². The second-order valence-electron chi connectivity index (χ2n) is 5.90. The third kappa shape index (κ3) is 3.84. The molecule has 6 heteroatoms. The lowest BCUT2D eigenvalue weighted by Crippen LogP contribution is -2.34. The topological polar surface area (TPSA) is 32.3 Å². The molecule has 0 aliphatic carbocycles. The quantitative estimate of drug-likeness (QED) is 0.829. The number of hydrogen-bond donors (Lipinski definition) is 1. The van der Waals surface area contributed by atoms with Gasteiger partial charge in [0.05, 0.1) is 5.56 Å². The van der Waals surface area contributed by atoms with Gasteiger partial charge in [-0.2, -0.15) is 13.2 Å². The summed E-state index contributed by atoms with van der Waals surface area (Å²) in [6, 6.07) is 10.7. The summed E-state index contributed by atoms with van der Waals surface area (Å²) in [5.74, 6) is -0.123. The zero-order chi connectivity index (χ0) is 18.0. The number of nitrogens with zero attached hydrogens (tertiary/aromatic N) is 1. The summed E-state index contributed by atoms with van der Waals surface area (Å²) in [6.45, 7) is 4.61. The summed E-state index contributed by atoms with van der Waals surface area (Å²) in [6.07, 6.45) is -2.34. The highest BCUT2D eigenvalue weighted by molar-refractivity contribution is 5.87. The van der Waals surface area contributed by atoms with Gasteiger partial charge in [-0.25, -0.2) is 0 Å². The van der Waals surface area contributed by atoms with Crippen molar-refractivity contribution < 1.29 is 18.0 Å². The van der Waals surface area contributed by atoms with E-state index in [4.69, 9.17) is 0 Å². The fraction of sp³-hybridized carbons (Fsp3) is 0.211. The molecule has 3 rings (SSSR count). The van der Waals surface area contributed by atoms with Gasteiger partial charge in [0.1, 0.15) is 0 Å². The van der Waals surface area contributed by atoms with Crippen LogP contribution < -0.4 is 5.32 Å². The van der Waals surface area contributed by atoms with E-state index < -0.39 is 11.7 Å². The van der Waals surface area contributed by atoms with Crippen LogP contribution in [0.2, 0.25) is 0 Å². The molecular formula is C19H17F3N2O. The maximum absolute atomic E-state index is 12.8. The van der Waals surface area contributed by atoms with Gasteiger partial charge in [0.15, 0.2) is 0 Å². The molecule has 0 aromatic heterocycles. The molecule has 0 fully saturated rings. The Kier molecular flexibility index (Phi) is 4.53. The third-order valence-corrected chi connectivity index (χ3v) is 4.18. The average molecular weight is 346 g/mol. The first-order valence-electron chi connectivity index (χ1n) is 7.84. The molecule has 0 saturated carbocycles. The van der Waals surface area contributed by atoms with E-state index in [9.17, 15) is 18.0 Å². The van der Waals surface area contributed by atoms with Crippen LogP contribution in [0.3, 0.4) is 0 Å². The second-order valence-corrected chi connectivity index (χ2v) is 5.90. The standard InChI is InChI=1S/C19H17F3N2O/c1-2-18(25)24-9-8-13-6-7-17(10-14(13)12-24)23-16-5-3-4-15(11-16)19(20,21)22/h2-7,10-11,23H,1,8-9,12H2. The molecule has 2 aromatic rings. The van der Waals surface area contributed by atoms with Crippen molar-refractivity contribution in [1.82, 2.24) is 4.90 Å². The summed E-state index contributed by atoms with van der Waals surface area (Å²) in [7, 11) is 0.